The lowest BCUT2D eigenvalue weighted by Gasteiger charge is -2.20. The van der Waals surface area contributed by atoms with Crippen LogP contribution in [0.2, 0.25) is 0 Å². The van der Waals surface area contributed by atoms with Gasteiger partial charge in [-0.25, -0.2) is 12.8 Å². The zero-order valence-corrected chi connectivity index (χ0v) is 13.1. The molecule has 0 aromatic heterocycles. The SMILES string of the molecule is CCNC(=O)CN(CC)S(=O)(=O)c1cc(N)c(C)c(F)c1. The maximum Gasteiger partial charge on any atom is 0.243 e. The van der Waals surface area contributed by atoms with Crippen LogP contribution in [0, 0.1) is 12.7 Å². The summed E-state index contributed by atoms with van der Waals surface area (Å²) in [4.78, 5) is 11.3. The number of rotatable bonds is 6. The Morgan fingerprint density at radius 2 is 2.00 bits per heavy atom. The molecule has 21 heavy (non-hydrogen) atoms. The van der Waals surface area contributed by atoms with Crippen LogP contribution in [0.4, 0.5) is 10.1 Å². The number of sulfonamides is 1. The molecule has 8 heteroatoms. The van der Waals surface area contributed by atoms with Crippen LogP contribution in [0.5, 0.6) is 0 Å². The quantitative estimate of drug-likeness (QED) is 0.761. The zero-order chi connectivity index (χ0) is 16.2. The summed E-state index contributed by atoms with van der Waals surface area (Å²) < 4.78 is 39.5. The van der Waals surface area contributed by atoms with E-state index in [1.165, 1.54) is 13.0 Å². The van der Waals surface area contributed by atoms with Gasteiger partial charge >= 0.3 is 0 Å². The van der Waals surface area contributed by atoms with E-state index >= 15 is 0 Å². The Hall–Kier alpha value is -1.67. The minimum atomic E-state index is -3.97. The van der Waals surface area contributed by atoms with Crippen LogP contribution in [-0.2, 0) is 14.8 Å². The number of nitrogens with two attached hydrogens (primary N) is 1. The number of carbonyl (C=O) groups is 1. The van der Waals surface area contributed by atoms with Gasteiger partial charge in [0.2, 0.25) is 15.9 Å². The number of nitrogens with one attached hydrogen (secondary N) is 1. The number of halogens is 1. The van der Waals surface area contributed by atoms with E-state index in [-0.39, 0.29) is 29.2 Å². The summed E-state index contributed by atoms with van der Waals surface area (Å²) in [7, 11) is -3.97. The van der Waals surface area contributed by atoms with Gasteiger partial charge in [0.05, 0.1) is 11.4 Å². The molecule has 0 unspecified atom stereocenters. The zero-order valence-electron chi connectivity index (χ0n) is 12.3. The second kappa shape index (κ2) is 6.86. The van der Waals surface area contributed by atoms with Gasteiger partial charge in [0.25, 0.3) is 0 Å². The average Bonchev–Trinajstić information content (AvgIpc) is 2.41. The second-order valence-corrected chi connectivity index (χ2v) is 6.44. The highest BCUT2D eigenvalue weighted by molar-refractivity contribution is 7.89. The molecule has 0 saturated carbocycles. The molecule has 1 amide bonds. The number of carbonyl (C=O) groups excluding carboxylic acids is 1. The maximum atomic E-state index is 13.7. The molecule has 118 valence electrons. The van der Waals surface area contributed by atoms with Crippen molar-refractivity contribution >= 4 is 21.6 Å². The van der Waals surface area contributed by atoms with E-state index in [0.29, 0.717) is 6.54 Å². The molecule has 0 radical (unpaired) electrons. The Kier molecular flexibility index (Phi) is 5.68. The topological polar surface area (TPSA) is 92.5 Å². The number of hydrogen-bond acceptors (Lipinski definition) is 4. The average molecular weight is 317 g/mol. The van der Waals surface area contributed by atoms with Crippen LogP contribution in [0.25, 0.3) is 0 Å². The first-order valence-electron chi connectivity index (χ1n) is 6.56. The predicted molar refractivity (Wildman–Crippen MR) is 78.7 cm³/mol. The summed E-state index contributed by atoms with van der Waals surface area (Å²) in [5.41, 5.74) is 5.86. The first-order valence-corrected chi connectivity index (χ1v) is 8.00. The number of hydrogen-bond donors (Lipinski definition) is 2. The van der Waals surface area contributed by atoms with E-state index in [9.17, 15) is 17.6 Å². The van der Waals surface area contributed by atoms with E-state index in [2.05, 4.69) is 5.32 Å². The van der Waals surface area contributed by atoms with Gasteiger partial charge in [0.15, 0.2) is 0 Å². The third-order valence-corrected chi connectivity index (χ3v) is 4.94. The lowest BCUT2D eigenvalue weighted by Crippen LogP contribution is -2.40. The lowest BCUT2D eigenvalue weighted by molar-refractivity contribution is -0.121. The molecule has 0 atom stereocenters. The predicted octanol–water partition coefficient (Wildman–Crippen LogP) is 0.863. The Morgan fingerprint density at radius 3 is 2.48 bits per heavy atom. The smallest absolute Gasteiger partial charge is 0.243 e. The highest BCUT2D eigenvalue weighted by atomic mass is 32.2. The number of benzene rings is 1. The molecule has 0 spiro atoms. The van der Waals surface area contributed by atoms with Gasteiger partial charge in [0, 0.05) is 24.3 Å². The standard InChI is InChI=1S/C13H20FN3O3S/c1-4-16-13(18)8-17(5-2)21(19,20)10-6-11(14)9(3)12(15)7-10/h6-7H,4-5,8,15H2,1-3H3,(H,16,18). The van der Waals surface area contributed by atoms with Crippen molar-refractivity contribution in [2.24, 2.45) is 0 Å². The van der Waals surface area contributed by atoms with Crippen LogP contribution in [0.3, 0.4) is 0 Å². The van der Waals surface area contributed by atoms with Gasteiger partial charge in [-0.05, 0) is 26.0 Å². The largest absolute Gasteiger partial charge is 0.398 e. The fourth-order valence-electron chi connectivity index (χ4n) is 1.75. The summed E-state index contributed by atoms with van der Waals surface area (Å²) in [5.74, 6) is -1.11. The molecule has 1 rings (SSSR count). The van der Waals surface area contributed by atoms with E-state index < -0.39 is 21.7 Å². The number of likely N-dealkylation sites (N-methyl/N-ethyl adjacent to an activating group) is 2. The van der Waals surface area contributed by atoms with Crippen LogP contribution in [-0.4, -0.2) is 38.3 Å². The van der Waals surface area contributed by atoms with Crippen molar-refractivity contribution in [3.05, 3.63) is 23.5 Å². The van der Waals surface area contributed by atoms with Gasteiger partial charge in [-0.15, -0.1) is 0 Å². The van der Waals surface area contributed by atoms with Crippen LogP contribution < -0.4 is 11.1 Å². The van der Waals surface area contributed by atoms with E-state index in [1.807, 2.05) is 0 Å². The molecule has 1 aromatic rings. The molecule has 0 saturated heterocycles. The van der Waals surface area contributed by atoms with E-state index in [1.54, 1.807) is 13.8 Å². The molecule has 0 bridgehead atoms. The van der Waals surface area contributed by atoms with Crippen LogP contribution in [0.15, 0.2) is 17.0 Å². The highest BCUT2D eigenvalue weighted by Crippen LogP contribution is 2.23. The Bertz CT molecular complexity index is 609. The molecule has 6 nitrogen and oxygen atoms in total. The summed E-state index contributed by atoms with van der Waals surface area (Å²) in [5, 5.41) is 2.52. The van der Waals surface area contributed by atoms with Gasteiger partial charge in [-0.3, -0.25) is 4.79 Å². The number of anilines is 1. The molecule has 0 aliphatic carbocycles. The Morgan fingerprint density at radius 1 is 1.38 bits per heavy atom. The summed E-state index contributed by atoms with van der Waals surface area (Å²) >= 11 is 0. The van der Waals surface area contributed by atoms with Crippen molar-refractivity contribution in [2.75, 3.05) is 25.4 Å². The number of amides is 1. The molecule has 3 N–H and O–H groups in total. The minimum absolute atomic E-state index is 0.0580. The van der Waals surface area contributed by atoms with Gasteiger partial charge < -0.3 is 11.1 Å². The van der Waals surface area contributed by atoms with Gasteiger partial charge in [-0.2, -0.15) is 4.31 Å². The molecule has 0 heterocycles. The Labute approximate surface area is 124 Å². The monoisotopic (exact) mass is 317 g/mol. The third kappa shape index (κ3) is 3.92. The number of nitrogens with zero attached hydrogens (tertiary/aromatic N) is 1. The summed E-state index contributed by atoms with van der Waals surface area (Å²) in [6.45, 7) is 4.98. The van der Waals surface area contributed by atoms with Crippen molar-refractivity contribution in [2.45, 2.75) is 25.7 Å². The van der Waals surface area contributed by atoms with Crippen molar-refractivity contribution in [1.29, 1.82) is 0 Å². The van der Waals surface area contributed by atoms with Gasteiger partial charge in [0.1, 0.15) is 5.82 Å². The fourth-order valence-corrected chi connectivity index (χ4v) is 3.21. The van der Waals surface area contributed by atoms with Crippen molar-refractivity contribution < 1.29 is 17.6 Å². The molecular formula is C13H20FN3O3S. The summed E-state index contributed by atoms with van der Waals surface area (Å²) in [6.07, 6.45) is 0. The molecule has 1 aromatic carbocycles. The summed E-state index contributed by atoms with van der Waals surface area (Å²) in [6, 6.07) is 2.12. The Balaban J connectivity index is 3.16. The highest BCUT2D eigenvalue weighted by Gasteiger charge is 2.26. The van der Waals surface area contributed by atoms with Gasteiger partial charge in [-0.1, -0.05) is 6.92 Å². The first kappa shape index (κ1) is 17.4. The van der Waals surface area contributed by atoms with Crippen LogP contribution >= 0.6 is 0 Å². The maximum absolute atomic E-state index is 13.7. The molecule has 0 aliphatic rings. The molecular weight excluding hydrogens is 297 g/mol. The molecule has 0 aliphatic heterocycles. The second-order valence-electron chi connectivity index (χ2n) is 4.50. The van der Waals surface area contributed by atoms with E-state index in [4.69, 9.17) is 5.73 Å². The van der Waals surface area contributed by atoms with Crippen molar-refractivity contribution in [3.63, 3.8) is 0 Å². The van der Waals surface area contributed by atoms with Crippen LogP contribution in [0.1, 0.15) is 19.4 Å². The third-order valence-electron chi connectivity index (χ3n) is 3.04. The van der Waals surface area contributed by atoms with Crippen molar-refractivity contribution in [1.82, 2.24) is 9.62 Å². The first-order chi connectivity index (χ1) is 9.73. The fraction of sp³-hybridized carbons (Fsp3) is 0.462. The lowest BCUT2D eigenvalue weighted by atomic mass is 10.2. The van der Waals surface area contributed by atoms with E-state index in [0.717, 1.165) is 10.4 Å². The number of nitrogen functional groups attached to an aromatic ring is 1. The van der Waals surface area contributed by atoms with Crippen molar-refractivity contribution in [3.8, 4) is 0 Å². The normalized spacial score (nSPS) is 11.7. The molecule has 0 fully saturated rings. The minimum Gasteiger partial charge on any atom is -0.398 e.